The fraction of sp³-hybridized carbons (Fsp3) is 0.200. The van der Waals surface area contributed by atoms with Crippen LogP contribution in [0.2, 0.25) is 0 Å². The van der Waals surface area contributed by atoms with Gasteiger partial charge < -0.3 is 9.32 Å². The maximum absolute atomic E-state index is 6.50. The van der Waals surface area contributed by atoms with Gasteiger partial charge in [0.15, 0.2) is 0 Å². The Labute approximate surface area is 304 Å². The number of fused-ring (bicyclic) bond motifs is 7. The van der Waals surface area contributed by atoms with Crippen LogP contribution >= 0.6 is 0 Å². The van der Waals surface area contributed by atoms with Crippen LogP contribution < -0.4 is 4.90 Å². The molecule has 0 atom stereocenters. The Morgan fingerprint density at radius 2 is 1.15 bits per heavy atom. The summed E-state index contributed by atoms with van der Waals surface area (Å²) in [5.41, 5.74) is 14.0. The normalized spacial score (nSPS) is 23.8. The summed E-state index contributed by atoms with van der Waals surface area (Å²) < 4.78 is 6.50. The summed E-state index contributed by atoms with van der Waals surface area (Å²) in [6.45, 7) is 0. The average Bonchev–Trinajstić information content (AvgIpc) is 3.71. The van der Waals surface area contributed by atoms with Crippen molar-refractivity contribution < 1.29 is 4.42 Å². The van der Waals surface area contributed by atoms with Crippen molar-refractivity contribution in [2.45, 2.75) is 37.5 Å². The van der Waals surface area contributed by atoms with E-state index in [1.165, 1.54) is 70.8 Å². The molecule has 7 aromatic carbocycles. The Morgan fingerprint density at radius 3 is 2.00 bits per heavy atom. The molecule has 1 heterocycles. The number of anilines is 3. The number of para-hydroxylation sites is 1. The molecular weight excluding hydrogens is 631 g/mol. The third-order valence-electron chi connectivity index (χ3n) is 13.6. The fourth-order valence-electron chi connectivity index (χ4n) is 11.8. The van der Waals surface area contributed by atoms with E-state index in [4.69, 9.17) is 4.42 Å². The second-order valence-corrected chi connectivity index (χ2v) is 16.1. The first-order chi connectivity index (χ1) is 25.7. The summed E-state index contributed by atoms with van der Waals surface area (Å²) in [6.07, 6.45) is 6.99. The van der Waals surface area contributed by atoms with Crippen LogP contribution in [0.5, 0.6) is 0 Å². The lowest BCUT2D eigenvalue weighted by Gasteiger charge is -2.61. The highest BCUT2D eigenvalue weighted by atomic mass is 16.3. The first kappa shape index (κ1) is 29.0. The van der Waals surface area contributed by atoms with Gasteiger partial charge in [-0.05, 0) is 137 Å². The lowest BCUT2D eigenvalue weighted by Crippen LogP contribution is -2.55. The fourth-order valence-corrected chi connectivity index (χ4v) is 11.8. The second kappa shape index (κ2) is 10.7. The van der Waals surface area contributed by atoms with Crippen molar-refractivity contribution in [1.29, 1.82) is 0 Å². The van der Waals surface area contributed by atoms with Crippen LogP contribution in [-0.4, -0.2) is 0 Å². The number of hydrogen-bond acceptors (Lipinski definition) is 2. The Balaban J connectivity index is 1.07. The quantitative estimate of drug-likeness (QED) is 0.185. The van der Waals surface area contributed by atoms with Gasteiger partial charge in [0.1, 0.15) is 11.2 Å². The van der Waals surface area contributed by atoms with Crippen molar-refractivity contribution in [3.8, 4) is 22.3 Å². The van der Waals surface area contributed by atoms with E-state index in [0.717, 1.165) is 57.0 Å². The highest BCUT2D eigenvalue weighted by molar-refractivity contribution is 6.06. The Hall–Kier alpha value is -5.60. The molecule has 0 radical (unpaired) electrons. The minimum Gasteiger partial charge on any atom is -0.456 e. The van der Waals surface area contributed by atoms with Crippen LogP contribution in [0.4, 0.5) is 17.1 Å². The van der Waals surface area contributed by atoms with Gasteiger partial charge in [0.05, 0.1) is 5.69 Å². The largest absolute Gasteiger partial charge is 0.456 e. The first-order valence-electron chi connectivity index (χ1n) is 19.3. The van der Waals surface area contributed by atoms with E-state index in [-0.39, 0.29) is 5.41 Å². The highest BCUT2D eigenvalue weighted by Gasteiger charge is 2.61. The number of benzene rings is 7. The SMILES string of the molecule is c1ccc2c(c1)-c1c(N(c3ccc(-c4ccc5ccccc5c4)cc3)c3ccc4c(c3)oc3ccccc34)cccc1C21C2CC3CC(C2)CC1C3. The summed E-state index contributed by atoms with van der Waals surface area (Å²) in [4.78, 5) is 2.50. The molecule has 2 nitrogen and oxygen atoms in total. The lowest BCUT2D eigenvalue weighted by atomic mass is 9.43. The Kier molecular flexibility index (Phi) is 5.98. The first-order valence-corrected chi connectivity index (χ1v) is 19.3. The van der Waals surface area contributed by atoms with E-state index in [0.29, 0.717) is 0 Å². The molecule has 13 rings (SSSR count). The monoisotopic (exact) mass is 669 g/mol. The number of furan rings is 1. The zero-order valence-electron chi connectivity index (χ0n) is 29.1. The molecule has 0 amide bonds. The molecule has 52 heavy (non-hydrogen) atoms. The van der Waals surface area contributed by atoms with Gasteiger partial charge in [0, 0.05) is 39.2 Å². The van der Waals surface area contributed by atoms with Crippen LogP contribution in [0.3, 0.4) is 0 Å². The van der Waals surface area contributed by atoms with Gasteiger partial charge in [-0.25, -0.2) is 0 Å². The summed E-state index contributed by atoms with van der Waals surface area (Å²) in [5.74, 6) is 3.28. The maximum atomic E-state index is 6.50. The molecule has 5 aliphatic carbocycles. The molecule has 4 bridgehead atoms. The van der Waals surface area contributed by atoms with Crippen LogP contribution in [0.1, 0.15) is 43.2 Å². The van der Waals surface area contributed by atoms with Crippen LogP contribution in [-0.2, 0) is 5.41 Å². The highest BCUT2D eigenvalue weighted by Crippen LogP contribution is 2.70. The van der Waals surface area contributed by atoms with Crippen LogP contribution in [0, 0.1) is 23.7 Å². The number of nitrogens with zero attached hydrogens (tertiary/aromatic N) is 1. The molecule has 4 saturated carbocycles. The molecule has 5 aliphatic rings. The molecule has 0 saturated heterocycles. The number of hydrogen-bond donors (Lipinski definition) is 0. The molecule has 1 spiro atoms. The van der Waals surface area contributed by atoms with Crippen molar-refractivity contribution in [3.63, 3.8) is 0 Å². The van der Waals surface area contributed by atoms with Crippen molar-refractivity contribution in [2.75, 3.05) is 4.90 Å². The molecule has 250 valence electrons. The van der Waals surface area contributed by atoms with Gasteiger partial charge in [0.2, 0.25) is 0 Å². The van der Waals surface area contributed by atoms with Gasteiger partial charge in [-0.1, -0.05) is 103 Å². The van der Waals surface area contributed by atoms with Crippen molar-refractivity contribution in [2.24, 2.45) is 23.7 Å². The van der Waals surface area contributed by atoms with Gasteiger partial charge >= 0.3 is 0 Å². The summed E-state index contributed by atoms with van der Waals surface area (Å²) in [6, 6.07) is 56.5. The molecule has 0 aliphatic heterocycles. The van der Waals surface area contributed by atoms with Crippen molar-refractivity contribution in [1.82, 2.24) is 0 Å². The molecule has 8 aromatic rings. The minimum absolute atomic E-state index is 0.115. The van der Waals surface area contributed by atoms with E-state index in [9.17, 15) is 0 Å². The molecular formula is C50H39NO. The Bertz CT molecular complexity index is 2690. The predicted octanol–water partition coefficient (Wildman–Crippen LogP) is 13.6. The minimum atomic E-state index is 0.115. The van der Waals surface area contributed by atoms with Crippen molar-refractivity contribution in [3.05, 3.63) is 163 Å². The summed E-state index contributed by atoms with van der Waals surface area (Å²) in [7, 11) is 0. The van der Waals surface area contributed by atoms with Crippen LogP contribution in [0.15, 0.2) is 156 Å². The third-order valence-corrected chi connectivity index (χ3v) is 13.6. The summed E-state index contributed by atoms with van der Waals surface area (Å²) >= 11 is 0. The number of rotatable bonds is 4. The van der Waals surface area contributed by atoms with E-state index in [1.54, 1.807) is 11.1 Å². The molecule has 0 N–H and O–H groups in total. The maximum Gasteiger partial charge on any atom is 0.137 e. The average molecular weight is 670 g/mol. The van der Waals surface area contributed by atoms with Gasteiger partial charge in [0.25, 0.3) is 0 Å². The molecule has 0 unspecified atom stereocenters. The van der Waals surface area contributed by atoms with Gasteiger partial charge in [-0.3, -0.25) is 0 Å². The molecule has 4 fully saturated rings. The Morgan fingerprint density at radius 1 is 0.481 bits per heavy atom. The smallest absolute Gasteiger partial charge is 0.137 e. The van der Waals surface area contributed by atoms with E-state index < -0.39 is 0 Å². The topological polar surface area (TPSA) is 16.4 Å². The van der Waals surface area contributed by atoms with Gasteiger partial charge in [-0.2, -0.15) is 0 Å². The van der Waals surface area contributed by atoms with E-state index in [2.05, 4.69) is 157 Å². The standard InChI is InChI=1S/C50H39NO/c1-2-9-35-29-36(17-16-33(35)8-1)34-18-20-39(21-19-34)51(40-22-23-42-41-10-4-6-15-47(41)52-48(42)30-40)46-14-7-13-45-49(46)43-11-3-5-12-44(43)50(45)37-25-31-24-32(27-37)28-38(50)26-31/h1-23,29-32,37-38H,24-28H2. The zero-order chi connectivity index (χ0) is 34.0. The van der Waals surface area contributed by atoms with E-state index in [1.807, 2.05) is 0 Å². The molecule has 2 heteroatoms. The van der Waals surface area contributed by atoms with E-state index >= 15 is 0 Å². The van der Waals surface area contributed by atoms with Gasteiger partial charge in [-0.15, -0.1) is 0 Å². The summed E-state index contributed by atoms with van der Waals surface area (Å²) in [5, 5.41) is 4.85. The third kappa shape index (κ3) is 3.96. The van der Waals surface area contributed by atoms with Crippen LogP contribution in [0.25, 0.3) is 55.0 Å². The molecule has 1 aromatic heterocycles. The lowest BCUT2D eigenvalue weighted by molar-refractivity contribution is -0.0399. The van der Waals surface area contributed by atoms with Crippen molar-refractivity contribution >= 4 is 49.8 Å². The second-order valence-electron chi connectivity index (χ2n) is 16.1. The zero-order valence-corrected chi connectivity index (χ0v) is 29.1. The predicted molar refractivity (Wildman–Crippen MR) is 215 cm³/mol.